The first-order valence-corrected chi connectivity index (χ1v) is 8.95. The number of hydrogen-bond acceptors (Lipinski definition) is 4. The van der Waals surface area contributed by atoms with Crippen molar-refractivity contribution in [1.29, 1.82) is 0 Å². The van der Waals surface area contributed by atoms with Gasteiger partial charge in [-0.3, -0.25) is 4.79 Å². The Labute approximate surface area is 164 Å². The highest BCUT2D eigenvalue weighted by molar-refractivity contribution is 6.04. The van der Waals surface area contributed by atoms with E-state index >= 15 is 0 Å². The van der Waals surface area contributed by atoms with Crippen LogP contribution in [0.3, 0.4) is 0 Å². The van der Waals surface area contributed by atoms with E-state index in [4.69, 9.17) is 0 Å². The van der Waals surface area contributed by atoms with Crippen LogP contribution in [0.1, 0.15) is 24.4 Å². The number of alkyl halides is 3. The van der Waals surface area contributed by atoms with Gasteiger partial charge in [0.2, 0.25) is 5.91 Å². The highest BCUT2D eigenvalue weighted by atomic mass is 19.4. The van der Waals surface area contributed by atoms with Crippen molar-refractivity contribution in [2.24, 2.45) is 0 Å². The Morgan fingerprint density at radius 1 is 1.10 bits per heavy atom. The topological polar surface area (TPSA) is 72.7 Å². The van der Waals surface area contributed by atoms with Gasteiger partial charge in [0.25, 0.3) is 0 Å². The van der Waals surface area contributed by atoms with E-state index in [1.807, 2.05) is 0 Å². The van der Waals surface area contributed by atoms with Crippen molar-refractivity contribution in [1.82, 2.24) is 20.2 Å². The van der Waals surface area contributed by atoms with Crippen molar-refractivity contribution in [3.05, 3.63) is 66.2 Å². The van der Waals surface area contributed by atoms with E-state index in [1.165, 1.54) is 24.3 Å². The third kappa shape index (κ3) is 4.34. The second-order valence-corrected chi connectivity index (χ2v) is 6.67. The zero-order valence-corrected chi connectivity index (χ0v) is 15.1. The van der Waals surface area contributed by atoms with Crippen LogP contribution < -0.4 is 5.32 Å². The fourth-order valence-electron chi connectivity index (χ4n) is 2.94. The number of tetrazole rings is 1. The van der Waals surface area contributed by atoms with Crippen molar-refractivity contribution in [2.45, 2.75) is 25.1 Å². The van der Waals surface area contributed by atoms with Gasteiger partial charge in [0.05, 0.1) is 11.6 Å². The molecule has 1 heterocycles. The molecule has 0 bridgehead atoms. The molecule has 0 unspecified atom stereocenters. The molecule has 2 aromatic carbocycles. The number of nitrogens with zero attached hydrogens (tertiary/aromatic N) is 4. The molecule has 0 spiro atoms. The van der Waals surface area contributed by atoms with Crippen molar-refractivity contribution < 1.29 is 18.0 Å². The van der Waals surface area contributed by atoms with Gasteiger partial charge in [0.15, 0.2) is 5.82 Å². The summed E-state index contributed by atoms with van der Waals surface area (Å²) in [5, 5.41) is 14.2. The molecule has 6 nitrogen and oxygen atoms in total. The van der Waals surface area contributed by atoms with E-state index < -0.39 is 17.7 Å². The number of anilines is 1. The van der Waals surface area contributed by atoms with E-state index in [2.05, 4.69) is 20.8 Å². The van der Waals surface area contributed by atoms with Crippen molar-refractivity contribution in [2.75, 3.05) is 5.32 Å². The third-order valence-electron chi connectivity index (χ3n) is 4.44. The van der Waals surface area contributed by atoms with Crippen molar-refractivity contribution in [3.8, 4) is 11.4 Å². The van der Waals surface area contributed by atoms with Crippen molar-refractivity contribution >= 4 is 17.2 Å². The summed E-state index contributed by atoms with van der Waals surface area (Å²) in [5.74, 6) is -0.320. The van der Waals surface area contributed by atoms with E-state index in [1.54, 1.807) is 35.0 Å². The maximum Gasteiger partial charge on any atom is 0.417 e. The Bertz CT molecular complexity index is 1060. The number of allylic oxidation sites excluding steroid dienone is 1. The van der Waals surface area contributed by atoms with Crippen LogP contribution in [0.2, 0.25) is 0 Å². The van der Waals surface area contributed by atoms with Crippen LogP contribution >= 0.6 is 0 Å². The van der Waals surface area contributed by atoms with Crippen LogP contribution in [-0.2, 0) is 4.79 Å². The number of halogens is 3. The van der Waals surface area contributed by atoms with Crippen LogP contribution in [0.25, 0.3) is 17.0 Å². The van der Waals surface area contributed by atoms with E-state index in [0.29, 0.717) is 23.2 Å². The lowest BCUT2D eigenvalue weighted by Gasteiger charge is -2.12. The highest BCUT2D eigenvalue weighted by Crippen LogP contribution is 2.37. The summed E-state index contributed by atoms with van der Waals surface area (Å²) in [6, 6.07) is 14.2. The molecule has 0 saturated heterocycles. The average molecular weight is 399 g/mol. The highest BCUT2D eigenvalue weighted by Gasteiger charge is 2.35. The Morgan fingerprint density at radius 2 is 1.86 bits per heavy atom. The number of benzene rings is 2. The molecule has 1 aliphatic carbocycles. The minimum Gasteiger partial charge on any atom is -0.322 e. The lowest BCUT2D eigenvalue weighted by atomic mass is 10.1. The number of amides is 1. The Hall–Kier alpha value is -3.49. The SMILES string of the molecule is O=C(/C=C(\c1ccccc1)C(F)(F)F)Nc1cccc(-c2nnnn2C2CC2)c1. The molecule has 1 amide bonds. The molecule has 148 valence electrons. The summed E-state index contributed by atoms with van der Waals surface area (Å²) >= 11 is 0. The zero-order chi connectivity index (χ0) is 20.4. The van der Waals surface area contributed by atoms with Crippen LogP contribution in [0.5, 0.6) is 0 Å². The molecule has 0 atom stereocenters. The summed E-state index contributed by atoms with van der Waals surface area (Å²) in [6.45, 7) is 0. The number of carbonyl (C=O) groups is 1. The van der Waals surface area contributed by atoms with Gasteiger partial charge >= 0.3 is 6.18 Å². The normalized spacial score (nSPS) is 14.7. The predicted molar refractivity (Wildman–Crippen MR) is 101 cm³/mol. The summed E-state index contributed by atoms with van der Waals surface area (Å²) in [7, 11) is 0. The van der Waals surface area contributed by atoms with Gasteiger partial charge in [0, 0.05) is 17.3 Å². The largest absolute Gasteiger partial charge is 0.417 e. The van der Waals surface area contributed by atoms with Gasteiger partial charge in [-0.25, -0.2) is 4.68 Å². The molecule has 1 fully saturated rings. The second kappa shape index (κ2) is 7.50. The van der Waals surface area contributed by atoms with E-state index in [-0.39, 0.29) is 11.6 Å². The first-order valence-electron chi connectivity index (χ1n) is 8.95. The molecule has 1 N–H and O–H groups in total. The number of nitrogens with one attached hydrogen (secondary N) is 1. The zero-order valence-electron chi connectivity index (χ0n) is 15.1. The van der Waals surface area contributed by atoms with Crippen LogP contribution in [0.4, 0.5) is 18.9 Å². The number of rotatable bonds is 5. The van der Waals surface area contributed by atoms with Crippen LogP contribution in [-0.4, -0.2) is 32.3 Å². The molecule has 0 aliphatic heterocycles. The molecule has 4 rings (SSSR count). The lowest BCUT2D eigenvalue weighted by molar-refractivity contribution is -0.112. The minimum absolute atomic E-state index is 0.0764. The lowest BCUT2D eigenvalue weighted by Crippen LogP contribution is -2.16. The summed E-state index contributed by atoms with van der Waals surface area (Å²) < 4.78 is 41.9. The minimum atomic E-state index is -4.66. The summed E-state index contributed by atoms with van der Waals surface area (Å²) in [4.78, 5) is 12.3. The Balaban J connectivity index is 1.58. The average Bonchev–Trinajstić information content (AvgIpc) is 3.42. The van der Waals surface area contributed by atoms with E-state index in [9.17, 15) is 18.0 Å². The number of aromatic nitrogens is 4. The molecule has 3 aromatic rings. The molecule has 1 aromatic heterocycles. The first kappa shape index (κ1) is 18.9. The molecular formula is C20H16F3N5O. The fraction of sp³-hybridized carbons (Fsp3) is 0.200. The molecular weight excluding hydrogens is 383 g/mol. The molecule has 1 aliphatic rings. The standard InChI is InChI=1S/C20H16F3N5O/c21-20(22,23)17(13-5-2-1-3-6-13)12-18(29)24-15-8-4-7-14(11-15)19-25-26-27-28(19)16-9-10-16/h1-8,11-12,16H,9-10H2,(H,24,29)/b17-12+. The number of carbonyl (C=O) groups excluding carboxylic acids is 1. The summed E-state index contributed by atoms with van der Waals surface area (Å²) in [6.07, 6.45) is -2.10. The first-order chi connectivity index (χ1) is 13.9. The molecule has 29 heavy (non-hydrogen) atoms. The maximum atomic E-state index is 13.4. The predicted octanol–water partition coefficient (Wildman–Crippen LogP) is 4.26. The van der Waals surface area contributed by atoms with Crippen LogP contribution in [0, 0.1) is 0 Å². The van der Waals surface area contributed by atoms with Crippen molar-refractivity contribution in [3.63, 3.8) is 0 Å². The number of hydrogen-bond donors (Lipinski definition) is 1. The van der Waals surface area contributed by atoms with Gasteiger partial charge in [-0.2, -0.15) is 13.2 Å². The van der Waals surface area contributed by atoms with Gasteiger partial charge in [-0.05, 0) is 41.0 Å². The monoisotopic (exact) mass is 399 g/mol. The summed E-state index contributed by atoms with van der Waals surface area (Å²) in [5.41, 5.74) is -0.0663. The smallest absolute Gasteiger partial charge is 0.322 e. The Morgan fingerprint density at radius 3 is 2.55 bits per heavy atom. The molecule has 0 radical (unpaired) electrons. The molecule has 9 heteroatoms. The van der Waals surface area contributed by atoms with Gasteiger partial charge in [-0.15, -0.1) is 5.10 Å². The second-order valence-electron chi connectivity index (χ2n) is 6.67. The molecule has 1 saturated carbocycles. The van der Waals surface area contributed by atoms with Crippen LogP contribution in [0.15, 0.2) is 60.7 Å². The van der Waals surface area contributed by atoms with Gasteiger partial charge in [0.1, 0.15) is 0 Å². The van der Waals surface area contributed by atoms with Gasteiger partial charge in [-0.1, -0.05) is 42.5 Å². The third-order valence-corrected chi connectivity index (χ3v) is 4.44. The quantitative estimate of drug-likeness (QED) is 0.651. The Kier molecular flexibility index (Phi) is 4.87. The maximum absolute atomic E-state index is 13.4. The fourth-order valence-corrected chi connectivity index (χ4v) is 2.94. The van der Waals surface area contributed by atoms with E-state index in [0.717, 1.165) is 12.8 Å². The van der Waals surface area contributed by atoms with Gasteiger partial charge < -0.3 is 5.32 Å².